The number of hydrogen-bond acceptors (Lipinski definition) is 6. The Morgan fingerprint density at radius 2 is 1.09 bits per heavy atom. The summed E-state index contributed by atoms with van der Waals surface area (Å²) in [5.41, 5.74) is 5.37. The van der Waals surface area contributed by atoms with E-state index in [4.69, 9.17) is 10.5 Å². The first-order valence-corrected chi connectivity index (χ1v) is 14.1. The van der Waals surface area contributed by atoms with Crippen LogP contribution in [-0.4, -0.2) is 29.9 Å². The van der Waals surface area contributed by atoms with E-state index in [1.54, 1.807) is 0 Å². The van der Waals surface area contributed by atoms with E-state index < -0.39 is 24.1 Å². The van der Waals surface area contributed by atoms with Gasteiger partial charge < -0.3 is 20.4 Å². The summed E-state index contributed by atoms with van der Waals surface area (Å²) < 4.78 is 5.36. The van der Waals surface area contributed by atoms with Crippen LogP contribution in [0.3, 0.4) is 0 Å². The van der Waals surface area contributed by atoms with E-state index in [2.05, 4.69) is 6.92 Å². The number of hydrogen-bond donors (Lipinski definition) is 1. The summed E-state index contributed by atoms with van der Waals surface area (Å²) in [5.74, 6) is -1.98. The van der Waals surface area contributed by atoms with Crippen LogP contribution in [0.4, 0.5) is 0 Å². The standard InChI is InChI=1S/C28H53NO5.K/c1-3-5-7-8-9-10-11-12-13-14-15-16-17-18-19-20-25(30)26(21-6-4-2)34-27(31)23-22-24(29)28(32)33;/h24,26H,3-23,29H2,1-2H3,(H,32,33);/q;+1/p-1/t24-,26?;/m0./s1. The Morgan fingerprint density at radius 3 is 1.51 bits per heavy atom. The Kier molecular flexibility index (Phi) is 29.1. The van der Waals surface area contributed by atoms with Crippen molar-refractivity contribution in [1.82, 2.24) is 0 Å². The Hall–Kier alpha value is 0.206. The molecule has 0 fully saturated rings. The molecule has 0 aliphatic rings. The van der Waals surface area contributed by atoms with E-state index >= 15 is 0 Å². The van der Waals surface area contributed by atoms with Crippen LogP contribution in [0.15, 0.2) is 0 Å². The number of rotatable bonds is 25. The molecular weight excluding hydrogens is 469 g/mol. The van der Waals surface area contributed by atoms with Crippen LogP contribution in [-0.2, 0) is 19.1 Å². The first-order valence-electron chi connectivity index (χ1n) is 14.1. The molecule has 0 aromatic rings. The van der Waals surface area contributed by atoms with Gasteiger partial charge in [0.2, 0.25) is 0 Å². The van der Waals surface area contributed by atoms with Gasteiger partial charge in [0.15, 0.2) is 11.9 Å². The van der Waals surface area contributed by atoms with E-state index in [-0.39, 0.29) is 70.0 Å². The van der Waals surface area contributed by atoms with E-state index in [1.807, 2.05) is 6.92 Å². The molecule has 2 atom stereocenters. The second-order valence-corrected chi connectivity index (χ2v) is 9.75. The molecule has 0 amide bonds. The molecule has 200 valence electrons. The Balaban J connectivity index is 0. The molecule has 35 heavy (non-hydrogen) atoms. The number of carboxylic acid groups (broad SMARTS) is 1. The van der Waals surface area contributed by atoms with Crippen LogP contribution in [0.2, 0.25) is 0 Å². The van der Waals surface area contributed by atoms with E-state index in [1.165, 1.54) is 77.0 Å². The van der Waals surface area contributed by atoms with Gasteiger partial charge >= 0.3 is 57.4 Å². The first kappa shape index (κ1) is 37.4. The third-order valence-corrected chi connectivity index (χ3v) is 6.44. The summed E-state index contributed by atoms with van der Waals surface area (Å²) in [6, 6.07) is -1.20. The van der Waals surface area contributed by atoms with E-state index in [9.17, 15) is 19.5 Å². The molecule has 0 bridgehead atoms. The molecule has 0 saturated carbocycles. The molecule has 0 saturated heterocycles. The van der Waals surface area contributed by atoms with Gasteiger partial charge in [0, 0.05) is 18.9 Å². The quantitative estimate of drug-likeness (QED) is 0.112. The van der Waals surface area contributed by atoms with Crippen LogP contribution in [0, 0.1) is 0 Å². The molecule has 0 rings (SSSR count). The van der Waals surface area contributed by atoms with Gasteiger partial charge in [-0.2, -0.15) is 0 Å². The van der Waals surface area contributed by atoms with Gasteiger partial charge in [0.05, 0.1) is 5.97 Å². The van der Waals surface area contributed by atoms with Crippen molar-refractivity contribution < 1.29 is 75.6 Å². The van der Waals surface area contributed by atoms with Crippen LogP contribution in [0.1, 0.15) is 149 Å². The molecule has 0 aromatic heterocycles. The fraction of sp³-hybridized carbons (Fsp3) is 0.893. The number of ether oxygens (including phenoxy) is 1. The number of carbonyl (C=O) groups is 3. The van der Waals surface area contributed by atoms with Crippen LogP contribution in [0.5, 0.6) is 0 Å². The third-order valence-electron chi connectivity index (χ3n) is 6.44. The van der Waals surface area contributed by atoms with Gasteiger partial charge in [-0.15, -0.1) is 0 Å². The van der Waals surface area contributed by atoms with Crippen molar-refractivity contribution in [1.29, 1.82) is 0 Å². The second kappa shape index (κ2) is 27.2. The summed E-state index contributed by atoms with van der Waals surface area (Å²) in [4.78, 5) is 35.2. The molecule has 6 nitrogen and oxygen atoms in total. The van der Waals surface area contributed by atoms with Gasteiger partial charge in [-0.05, 0) is 25.7 Å². The zero-order valence-corrected chi connectivity index (χ0v) is 26.2. The predicted molar refractivity (Wildman–Crippen MR) is 136 cm³/mol. The third kappa shape index (κ3) is 24.3. The number of Topliss-reactive ketones (excluding diaryl/α,β-unsaturated/α-hetero) is 1. The number of carbonyl (C=O) groups excluding carboxylic acids is 3. The molecule has 0 spiro atoms. The van der Waals surface area contributed by atoms with Crippen molar-refractivity contribution in [2.24, 2.45) is 5.73 Å². The topological polar surface area (TPSA) is 110 Å². The smallest absolute Gasteiger partial charge is 0.548 e. The maximum absolute atomic E-state index is 12.6. The van der Waals surface area contributed by atoms with Crippen LogP contribution in [0.25, 0.3) is 0 Å². The van der Waals surface area contributed by atoms with Gasteiger partial charge in [-0.25, -0.2) is 0 Å². The molecule has 0 aliphatic heterocycles. The van der Waals surface area contributed by atoms with Gasteiger partial charge in [0.25, 0.3) is 0 Å². The minimum absolute atomic E-state index is 0. The molecule has 2 N–H and O–H groups in total. The minimum atomic E-state index is -1.39. The monoisotopic (exact) mass is 521 g/mol. The summed E-state index contributed by atoms with van der Waals surface area (Å²) >= 11 is 0. The molecule has 1 unspecified atom stereocenters. The Labute approximate surface area is 257 Å². The normalized spacial score (nSPS) is 12.5. The second-order valence-electron chi connectivity index (χ2n) is 9.75. The first-order chi connectivity index (χ1) is 16.4. The fourth-order valence-electron chi connectivity index (χ4n) is 4.12. The fourth-order valence-corrected chi connectivity index (χ4v) is 4.12. The SMILES string of the molecule is CCCCCCCCCCCCCCCCCC(=O)C(CCCC)OC(=O)CC[C@H](N)C(=O)[O-].[K+]. The van der Waals surface area contributed by atoms with Crippen molar-refractivity contribution in [3.05, 3.63) is 0 Å². The number of aliphatic carboxylic acids is 1. The molecule has 0 aliphatic carbocycles. The Morgan fingerprint density at radius 1 is 0.657 bits per heavy atom. The predicted octanol–water partition coefficient (Wildman–Crippen LogP) is 2.78. The average Bonchev–Trinajstić information content (AvgIpc) is 2.82. The van der Waals surface area contributed by atoms with Gasteiger partial charge in [-0.1, -0.05) is 110 Å². The number of carboxylic acids is 1. The zero-order chi connectivity index (χ0) is 25.4. The molecule has 7 heteroatoms. The average molecular weight is 522 g/mol. The summed E-state index contributed by atoms with van der Waals surface area (Å²) in [7, 11) is 0. The van der Waals surface area contributed by atoms with E-state index in [0.717, 1.165) is 32.1 Å². The zero-order valence-electron chi connectivity index (χ0n) is 23.1. The largest absolute Gasteiger partial charge is 1.00 e. The number of unbranched alkanes of at least 4 members (excludes halogenated alkanes) is 15. The van der Waals surface area contributed by atoms with Crippen molar-refractivity contribution >= 4 is 17.7 Å². The summed E-state index contributed by atoms with van der Waals surface area (Å²) in [5, 5.41) is 10.7. The number of ketones is 1. The van der Waals surface area contributed by atoms with Gasteiger partial charge in [-0.3, -0.25) is 9.59 Å². The van der Waals surface area contributed by atoms with Crippen molar-refractivity contribution in [2.45, 2.75) is 161 Å². The molecular formula is C28H52KNO5. The summed E-state index contributed by atoms with van der Waals surface area (Å²) in [6.07, 6.45) is 20.9. The number of nitrogens with two attached hydrogens (primary N) is 1. The summed E-state index contributed by atoms with van der Waals surface area (Å²) in [6.45, 7) is 4.28. The van der Waals surface area contributed by atoms with Crippen molar-refractivity contribution in [2.75, 3.05) is 0 Å². The van der Waals surface area contributed by atoms with Crippen molar-refractivity contribution in [3.8, 4) is 0 Å². The van der Waals surface area contributed by atoms with Gasteiger partial charge in [0.1, 0.15) is 0 Å². The Bertz CT molecular complexity index is 529. The van der Waals surface area contributed by atoms with E-state index in [0.29, 0.717) is 12.8 Å². The molecule has 0 aromatic carbocycles. The minimum Gasteiger partial charge on any atom is -0.548 e. The maximum Gasteiger partial charge on any atom is 1.00 e. The molecule has 0 heterocycles. The maximum atomic E-state index is 12.6. The van der Waals surface area contributed by atoms with Crippen LogP contribution < -0.4 is 62.2 Å². The van der Waals surface area contributed by atoms with Crippen LogP contribution >= 0.6 is 0 Å². The van der Waals surface area contributed by atoms with Crippen molar-refractivity contribution in [3.63, 3.8) is 0 Å². The molecule has 0 radical (unpaired) electrons. The number of esters is 1.